The van der Waals surface area contributed by atoms with Crippen molar-refractivity contribution in [2.45, 2.75) is 37.8 Å². The summed E-state index contributed by atoms with van der Waals surface area (Å²) in [5, 5.41) is 0.661. The molecule has 0 amide bonds. The molecule has 1 heterocycles. The van der Waals surface area contributed by atoms with Crippen LogP contribution in [-0.2, 0) is 10.0 Å². The van der Waals surface area contributed by atoms with E-state index in [4.69, 9.17) is 11.6 Å². The molecule has 0 saturated carbocycles. The summed E-state index contributed by atoms with van der Waals surface area (Å²) in [7, 11) is -4.71. The fourth-order valence-electron chi connectivity index (χ4n) is 3.07. The van der Waals surface area contributed by atoms with E-state index < -0.39 is 18.1 Å². The summed E-state index contributed by atoms with van der Waals surface area (Å²) in [6, 6.07) is 17.9. The molecule has 25 heavy (non-hydrogen) atoms. The standard InChI is InChI=1S/C19H24ClNO2SSi/c1-25(2,3)14-13-24(22,23)21-18(15-7-5-4-6-8-15)19(21)16-9-11-17(20)12-10-16/h4-12,18-19H,13-14H2,1-3H3. The van der Waals surface area contributed by atoms with Gasteiger partial charge in [0, 0.05) is 13.1 Å². The first kappa shape index (κ1) is 18.6. The maximum Gasteiger partial charge on any atom is 0.215 e. The molecule has 0 spiro atoms. The Hall–Kier alpha value is -1.14. The summed E-state index contributed by atoms with van der Waals surface area (Å²) in [6.45, 7) is 6.61. The van der Waals surface area contributed by atoms with Gasteiger partial charge in [-0.1, -0.05) is 73.7 Å². The minimum atomic E-state index is -3.29. The molecule has 0 aromatic heterocycles. The van der Waals surface area contributed by atoms with Gasteiger partial charge in [0.2, 0.25) is 10.0 Å². The third-order valence-electron chi connectivity index (χ3n) is 4.54. The van der Waals surface area contributed by atoms with Crippen molar-refractivity contribution in [3.63, 3.8) is 0 Å². The fraction of sp³-hybridized carbons (Fsp3) is 0.368. The van der Waals surface area contributed by atoms with Gasteiger partial charge in [0.1, 0.15) is 0 Å². The minimum Gasteiger partial charge on any atom is -0.212 e. The zero-order chi connectivity index (χ0) is 18.2. The Labute approximate surface area is 156 Å². The first-order valence-corrected chi connectivity index (χ1v) is 14.2. The summed E-state index contributed by atoms with van der Waals surface area (Å²) in [6.07, 6.45) is 0. The lowest BCUT2D eigenvalue weighted by atomic mass is 10.0. The smallest absolute Gasteiger partial charge is 0.212 e. The summed E-state index contributed by atoms with van der Waals surface area (Å²) in [4.78, 5) is 0. The number of benzene rings is 2. The van der Waals surface area contributed by atoms with E-state index in [1.165, 1.54) is 0 Å². The van der Waals surface area contributed by atoms with Crippen molar-refractivity contribution in [2.75, 3.05) is 5.75 Å². The number of rotatable bonds is 6. The van der Waals surface area contributed by atoms with Gasteiger partial charge < -0.3 is 0 Å². The zero-order valence-corrected chi connectivity index (χ0v) is 17.4. The Balaban J connectivity index is 1.90. The Bertz CT molecular complexity index is 832. The average molecular weight is 394 g/mol. The molecule has 0 bridgehead atoms. The van der Waals surface area contributed by atoms with Crippen LogP contribution in [0, 0.1) is 0 Å². The lowest BCUT2D eigenvalue weighted by Crippen LogP contribution is -2.27. The van der Waals surface area contributed by atoms with Crippen molar-refractivity contribution in [2.24, 2.45) is 0 Å². The molecule has 6 heteroatoms. The highest BCUT2D eigenvalue weighted by Crippen LogP contribution is 2.56. The molecule has 0 radical (unpaired) electrons. The highest BCUT2D eigenvalue weighted by molar-refractivity contribution is 7.89. The number of nitrogens with zero attached hydrogens (tertiary/aromatic N) is 1. The SMILES string of the molecule is C[Si](C)(C)CCS(=O)(=O)N1C(c2ccccc2)C1c1ccc(Cl)cc1. The highest BCUT2D eigenvalue weighted by atomic mass is 35.5. The van der Waals surface area contributed by atoms with Crippen LogP contribution in [0.4, 0.5) is 0 Å². The van der Waals surface area contributed by atoms with Crippen LogP contribution in [0.2, 0.25) is 30.7 Å². The molecule has 1 fully saturated rings. The van der Waals surface area contributed by atoms with Gasteiger partial charge in [-0.15, -0.1) is 0 Å². The van der Waals surface area contributed by atoms with E-state index >= 15 is 0 Å². The molecule has 134 valence electrons. The van der Waals surface area contributed by atoms with Crippen LogP contribution in [0.25, 0.3) is 0 Å². The van der Waals surface area contributed by atoms with E-state index in [0.29, 0.717) is 5.02 Å². The number of sulfonamides is 1. The number of hydrogen-bond donors (Lipinski definition) is 0. The largest absolute Gasteiger partial charge is 0.215 e. The maximum absolute atomic E-state index is 13.0. The van der Waals surface area contributed by atoms with E-state index in [1.807, 2.05) is 54.6 Å². The molecule has 0 aliphatic carbocycles. The molecule has 1 aliphatic rings. The Morgan fingerprint density at radius 2 is 1.44 bits per heavy atom. The molecule has 3 unspecified atom stereocenters. The molecular formula is C19H24ClNO2SSi. The van der Waals surface area contributed by atoms with Gasteiger partial charge in [-0.25, -0.2) is 8.42 Å². The fourth-order valence-corrected chi connectivity index (χ4v) is 8.00. The highest BCUT2D eigenvalue weighted by Gasteiger charge is 2.56. The van der Waals surface area contributed by atoms with Gasteiger partial charge in [-0.2, -0.15) is 4.31 Å². The lowest BCUT2D eigenvalue weighted by molar-refractivity contribution is 0.548. The molecule has 3 rings (SSSR count). The molecule has 3 nitrogen and oxygen atoms in total. The van der Waals surface area contributed by atoms with Gasteiger partial charge in [0.15, 0.2) is 0 Å². The molecule has 2 aromatic rings. The molecule has 2 aromatic carbocycles. The second-order valence-corrected chi connectivity index (χ2v) is 15.9. The molecule has 3 atom stereocenters. The predicted molar refractivity (Wildman–Crippen MR) is 107 cm³/mol. The van der Waals surface area contributed by atoms with Crippen molar-refractivity contribution in [3.8, 4) is 0 Å². The normalized spacial score (nSPS) is 23.4. The third kappa shape index (κ3) is 4.34. The van der Waals surface area contributed by atoms with E-state index in [2.05, 4.69) is 19.6 Å². The Kier molecular flexibility index (Phi) is 5.13. The van der Waals surface area contributed by atoms with Crippen molar-refractivity contribution in [1.29, 1.82) is 0 Å². The maximum atomic E-state index is 13.0. The van der Waals surface area contributed by atoms with Crippen LogP contribution >= 0.6 is 11.6 Å². The quantitative estimate of drug-likeness (QED) is 0.505. The minimum absolute atomic E-state index is 0.117. The lowest BCUT2D eigenvalue weighted by Gasteiger charge is -2.16. The van der Waals surface area contributed by atoms with Crippen molar-refractivity contribution < 1.29 is 8.42 Å². The molecular weight excluding hydrogens is 370 g/mol. The summed E-state index contributed by atoms with van der Waals surface area (Å²) < 4.78 is 27.7. The molecule has 0 N–H and O–H groups in total. The predicted octanol–water partition coefficient (Wildman–Crippen LogP) is 5.11. The van der Waals surface area contributed by atoms with Crippen molar-refractivity contribution >= 4 is 29.7 Å². The second kappa shape index (κ2) is 6.87. The van der Waals surface area contributed by atoms with Crippen LogP contribution in [-0.4, -0.2) is 26.5 Å². The summed E-state index contributed by atoms with van der Waals surface area (Å²) in [5.41, 5.74) is 2.04. The van der Waals surface area contributed by atoms with Gasteiger partial charge in [0.05, 0.1) is 17.8 Å². The van der Waals surface area contributed by atoms with Crippen LogP contribution in [0.5, 0.6) is 0 Å². The topological polar surface area (TPSA) is 37.1 Å². The Morgan fingerprint density at radius 1 is 0.920 bits per heavy atom. The van der Waals surface area contributed by atoms with Gasteiger partial charge in [-0.05, 0) is 29.3 Å². The van der Waals surface area contributed by atoms with Crippen LogP contribution in [0.15, 0.2) is 54.6 Å². The van der Waals surface area contributed by atoms with E-state index in [0.717, 1.165) is 17.2 Å². The van der Waals surface area contributed by atoms with Crippen molar-refractivity contribution in [1.82, 2.24) is 4.31 Å². The Morgan fingerprint density at radius 3 is 1.96 bits per heavy atom. The number of hydrogen-bond acceptors (Lipinski definition) is 2. The molecule has 1 aliphatic heterocycles. The van der Waals surface area contributed by atoms with Gasteiger partial charge in [0.25, 0.3) is 0 Å². The second-order valence-electron chi connectivity index (χ2n) is 7.81. The zero-order valence-electron chi connectivity index (χ0n) is 14.8. The number of halogens is 1. The van der Waals surface area contributed by atoms with Gasteiger partial charge >= 0.3 is 0 Å². The van der Waals surface area contributed by atoms with Crippen LogP contribution in [0.1, 0.15) is 23.2 Å². The summed E-state index contributed by atoms with van der Waals surface area (Å²) >= 11 is 5.99. The first-order valence-electron chi connectivity index (χ1n) is 8.51. The molecule has 1 saturated heterocycles. The van der Waals surface area contributed by atoms with Crippen LogP contribution < -0.4 is 0 Å². The average Bonchev–Trinajstić information content (AvgIpc) is 3.31. The van der Waals surface area contributed by atoms with Crippen LogP contribution in [0.3, 0.4) is 0 Å². The third-order valence-corrected chi connectivity index (χ3v) is 8.72. The van der Waals surface area contributed by atoms with Crippen molar-refractivity contribution in [3.05, 3.63) is 70.7 Å². The first-order chi connectivity index (χ1) is 11.7. The monoisotopic (exact) mass is 393 g/mol. The van der Waals surface area contributed by atoms with E-state index in [-0.39, 0.29) is 17.8 Å². The van der Waals surface area contributed by atoms with E-state index in [1.54, 1.807) is 4.31 Å². The van der Waals surface area contributed by atoms with Gasteiger partial charge in [-0.3, -0.25) is 0 Å². The van der Waals surface area contributed by atoms with E-state index in [9.17, 15) is 8.42 Å². The summed E-state index contributed by atoms with van der Waals surface area (Å²) in [5.74, 6) is 0.232.